The van der Waals surface area contributed by atoms with Gasteiger partial charge in [0.15, 0.2) is 0 Å². The van der Waals surface area contributed by atoms with Crippen LogP contribution in [0.2, 0.25) is 0 Å². The highest BCUT2D eigenvalue weighted by Crippen LogP contribution is 2.38. The Kier molecular flexibility index (Phi) is 7.50. The minimum absolute atomic E-state index is 0.00779. The second kappa shape index (κ2) is 10.3. The summed E-state index contributed by atoms with van der Waals surface area (Å²) in [4.78, 5) is 16.7. The van der Waals surface area contributed by atoms with Crippen LogP contribution >= 0.6 is 11.3 Å². The first-order chi connectivity index (χ1) is 17.0. The number of halogens is 1. The summed E-state index contributed by atoms with van der Waals surface area (Å²) in [6.07, 6.45) is 2.18. The first-order valence-corrected chi connectivity index (χ1v) is 14.2. The maximum Gasteiger partial charge on any atom is 0.243 e. The zero-order valence-electron chi connectivity index (χ0n) is 20.8. The number of amides is 1. The van der Waals surface area contributed by atoms with Crippen molar-refractivity contribution in [3.63, 3.8) is 0 Å². The molecular weight excluding hydrogens is 495 g/mol. The third-order valence-corrected chi connectivity index (χ3v) is 9.30. The van der Waals surface area contributed by atoms with Crippen LogP contribution in [0, 0.1) is 5.82 Å². The van der Waals surface area contributed by atoms with Crippen molar-refractivity contribution in [3.05, 3.63) is 100 Å². The number of benzene rings is 2. The zero-order chi connectivity index (χ0) is 26.1. The van der Waals surface area contributed by atoms with Crippen LogP contribution < -0.4 is 0 Å². The molecule has 0 saturated carbocycles. The van der Waals surface area contributed by atoms with E-state index in [0.717, 1.165) is 16.7 Å². The Bertz CT molecular complexity index is 1340. The lowest BCUT2D eigenvalue weighted by Crippen LogP contribution is -2.46. The molecule has 0 spiro atoms. The predicted octanol–water partition coefficient (Wildman–Crippen LogP) is 5.54. The lowest BCUT2D eigenvalue weighted by molar-refractivity contribution is -0.133. The van der Waals surface area contributed by atoms with Crippen LogP contribution in [-0.4, -0.2) is 43.2 Å². The van der Waals surface area contributed by atoms with E-state index in [4.69, 9.17) is 0 Å². The molecule has 3 aromatic rings. The molecule has 1 amide bonds. The number of hydrogen-bond donors (Lipinski definition) is 0. The topological polar surface area (TPSA) is 57.7 Å². The molecule has 0 radical (unpaired) electrons. The summed E-state index contributed by atoms with van der Waals surface area (Å²) < 4.78 is 41.8. The molecule has 2 heterocycles. The maximum atomic E-state index is 13.6. The van der Waals surface area contributed by atoms with Crippen molar-refractivity contribution in [1.82, 2.24) is 9.21 Å². The largest absolute Gasteiger partial charge is 0.330 e. The van der Waals surface area contributed by atoms with Crippen LogP contribution in [-0.2, 0) is 26.7 Å². The fourth-order valence-electron chi connectivity index (χ4n) is 4.50. The van der Waals surface area contributed by atoms with Gasteiger partial charge in [0.05, 0.1) is 17.5 Å². The van der Waals surface area contributed by atoms with Gasteiger partial charge in [0.1, 0.15) is 5.82 Å². The van der Waals surface area contributed by atoms with Gasteiger partial charge in [-0.2, -0.15) is 4.31 Å². The van der Waals surface area contributed by atoms with Gasteiger partial charge < -0.3 is 4.90 Å². The summed E-state index contributed by atoms with van der Waals surface area (Å²) in [6, 6.07) is 14.5. The maximum absolute atomic E-state index is 13.6. The summed E-state index contributed by atoms with van der Waals surface area (Å²) in [6.45, 7) is 10.0. The molecule has 5 nitrogen and oxygen atoms in total. The van der Waals surface area contributed by atoms with Crippen molar-refractivity contribution in [2.75, 3.05) is 19.6 Å². The molecule has 1 aliphatic heterocycles. The van der Waals surface area contributed by atoms with Crippen molar-refractivity contribution in [1.29, 1.82) is 0 Å². The molecule has 1 atom stereocenters. The van der Waals surface area contributed by atoms with Crippen molar-refractivity contribution in [2.24, 2.45) is 0 Å². The highest BCUT2D eigenvalue weighted by atomic mass is 32.2. The van der Waals surface area contributed by atoms with E-state index in [-0.39, 0.29) is 35.1 Å². The van der Waals surface area contributed by atoms with Crippen LogP contribution in [0.25, 0.3) is 0 Å². The summed E-state index contributed by atoms with van der Waals surface area (Å²) in [5.41, 5.74) is 2.71. The van der Waals surface area contributed by atoms with Gasteiger partial charge in [-0.15, -0.1) is 17.9 Å². The molecule has 36 heavy (non-hydrogen) atoms. The van der Waals surface area contributed by atoms with E-state index in [1.165, 1.54) is 27.4 Å². The van der Waals surface area contributed by atoms with Crippen molar-refractivity contribution in [3.8, 4) is 0 Å². The van der Waals surface area contributed by atoms with Crippen LogP contribution in [0.5, 0.6) is 0 Å². The molecule has 1 aliphatic rings. The fraction of sp³-hybridized carbons (Fsp3) is 0.321. The smallest absolute Gasteiger partial charge is 0.243 e. The van der Waals surface area contributed by atoms with Crippen LogP contribution in [0.4, 0.5) is 4.39 Å². The van der Waals surface area contributed by atoms with Crippen LogP contribution in [0.15, 0.2) is 77.5 Å². The SMILES string of the molecule is C=CCN(CC(=O)N1CCc2sccc2C1c1ccc(F)cc1)S(=O)(=O)c1ccc(C(C)(C)C)cc1. The van der Waals surface area contributed by atoms with Crippen molar-refractivity contribution in [2.45, 2.75) is 43.5 Å². The Hall–Kier alpha value is -2.81. The van der Waals surface area contributed by atoms with Crippen LogP contribution in [0.1, 0.15) is 48.4 Å². The minimum atomic E-state index is -3.93. The lowest BCUT2D eigenvalue weighted by Gasteiger charge is -2.37. The van der Waals surface area contributed by atoms with E-state index in [2.05, 4.69) is 27.4 Å². The summed E-state index contributed by atoms with van der Waals surface area (Å²) in [7, 11) is -3.93. The van der Waals surface area contributed by atoms with Crippen LogP contribution in [0.3, 0.4) is 0 Å². The van der Waals surface area contributed by atoms with Gasteiger partial charge in [-0.25, -0.2) is 12.8 Å². The number of hydrogen-bond acceptors (Lipinski definition) is 4. The van der Waals surface area contributed by atoms with E-state index in [1.54, 1.807) is 40.5 Å². The summed E-state index contributed by atoms with van der Waals surface area (Å²) >= 11 is 1.64. The van der Waals surface area contributed by atoms with Crippen molar-refractivity contribution < 1.29 is 17.6 Å². The van der Waals surface area contributed by atoms with Gasteiger partial charge in [0.25, 0.3) is 0 Å². The van der Waals surface area contributed by atoms with Crippen molar-refractivity contribution >= 4 is 27.3 Å². The number of rotatable bonds is 7. The van der Waals surface area contributed by atoms with E-state index in [9.17, 15) is 17.6 Å². The summed E-state index contributed by atoms with van der Waals surface area (Å²) in [5.74, 6) is -0.656. The fourth-order valence-corrected chi connectivity index (χ4v) is 6.76. The second-order valence-electron chi connectivity index (χ2n) is 9.95. The number of sulfonamides is 1. The highest BCUT2D eigenvalue weighted by molar-refractivity contribution is 7.89. The second-order valence-corrected chi connectivity index (χ2v) is 12.9. The molecule has 0 aliphatic carbocycles. The summed E-state index contributed by atoms with van der Waals surface area (Å²) in [5, 5.41) is 1.99. The first-order valence-electron chi connectivity index (χ1n) is 11.8. The molecule has 1 unspecified atom stereocenters. The Balaban J connectivity index is 1.63. The average Bonchev–Trinajstić information content (AvgIpc) is 3.32. The van der Waals surface area contributed by atoms with E-state index in [1.807, 2.05) is 23.6 Å². The number of fused-ring (bicyclic) bond motifs is 1. The Labute approximate surface area is 216 Å². The molecule has 0 N–H and O–H groups in total. The molecule has 8 heteroatoms. The van der Waals surface area contributed by atoms with Gasteiger partial charge >= 0.3 is 0 Å². The third kappa shape index (κ3) is 5.31. The molecule has 0 bridgehead atoms. The number of carbonyl (C=O) groups is 1. The number of thiophene rings is 1. The molecule has 0 saturated heterocycles. The molecule has 4 rings (SSSR count). The van der Waals surface area contributed by atoms with Gasteiger partial charge in [-0.05, 0) is 64.2 Å². The van der Waals surface area contributed by atoms with E-state index < -0.39 is 16.1 Å². The molecule has 0 fully saturated rings. The van der Waals surface area contributed by atoms with E-state index in [0.29, 0.717) is 13.0 Å². The van der Waals surface area contributed by atoms with Gasteiger partial charge in [0.2, 0.25) is 15.9 Å². The van der Waals surface area contributed by atoms with Gasteiger partial charge in [0, 0.05) is 18.0 Å². The monoisotopic (exact) mass is 526 g/mol. The highest BCUT2D eigenvalue weighted by Gasteiger charge is 2.35. The molecule has 2 aromatic carbocycles. The quantitative estimate of drug-likeness (QED) is 0.380. The average molecular weight is 527 g/mol. The normalized spacial score (nSPS) is 16.1. The van der Waals surface area contributed by atoms with Gasteiger partial charge in [-0.3, -0.25) is 4.79 Å². The Morgan fingerprint density at radius 2 is 1.81 bits per heavy atom. The van der Waals surface area contributed by atoms with Gasteiger partial charge in [-0.1, -0.05) is 51.1 Å². The Morgan fingerprint density at radius 3 is 2.42 bits per heavy atom. The third-order valence-electron chi connectivity index (χ3n) is 6.47. The van der Waals surface area contributed by atoms with E-state index >= 15 is 0 Å². The first kappa shape index (κ1) is 26.3. The standard InChI is InChI=1S/C28H31FN2O3S2/c1-5-16-30(36(33,34)23-12-8-21(9-13-23)28(2,3)4)19-26(32)31-17-14-25-24(15-18-35-25)27(31)20-6-10-22(29)11-7-20/h5-13,15,18,27H,1,14,16-17,19H2,2-4H3. The lowest BCUT2D eigenvalue weighted by atomic mass is 9.87. The predicted molar refractivity (Wildman–Crippen MR) is 142 cm³/mol. The zero-order valence-corrected chi connectivity index (χ0v) is 22.4. The Morgan fingerprint density at radius 1 is 1.14 bits per heavy atom. The molecule has 190 valence electrons. The molecular formula is C28H31FN2O3S2. The number of nitrogens with zero attached hydrogens (tertiary/aromatic N) is 2. The molecule has 1 aromatic heterocycles. The minimum Gasteiger partial charge on any atom is -0.330 e. The number of carbonyl (C=O) groups excluding carboxylic acids is 1.